The van der Waals surface area contributed by atoms with Gasteiger partial charge in [-0.05, 0) is 0 Å². The van der Waals surface area contributed by atoms with E-state index in [2.05, 4.69) is 13.8 Å². The second kappa shape index (κ2) is 6.46. The predicted molar refractivity (Wildman–Crippen MR) is 34.8 cm³/mol. The molecule has 0 unspecified atom stereocenters. The van der Waals surface area contributed by atoms with Crippen molar-refractivity contribution in [3.8, 4) is 0 Å². The number of hydrogen-bond donors (Lipinski definition) is 0. The normalized spacial score (nSPS) is 10.5. The van der Waals surface area contributed by atoms with Gasteiger partial charge >= 0.3 is 71.9 Å². The molecule has 0 spiro atoms. The Morgan fingerprint density at radius 1 is 1.20 bits per heavy atom. The van der Waals surface area contributed by atoms with E-state index in [1.165, 1.54) is 0 Å². The summed E-state index contributed by atoms with van der Waals surface area (Å²) in [6.45, 7) is 4.97. The van der Waals surface area contributed by atoms with Crippen LogP contribution in [0.25, 0.3) is 0 Å². The summed E-state index contributed by atoms with van der Waals surface area (Å²) in [5.74, 6) is 0.560. The van der Waals surface area contributed by atoms with Gasteiger partial charge in [0.2, 0.25) is 0 Å². The topological polar surface area (TPSA) is 27.7 Å². The van der Waals surface area contributed by atoms with E-state index >= 15 is 0 Å². The molecule has 0 aliphatic rings. The minimum absolute atomic E-state index is 0.560. The molecule has 3 nitrogen and oxygen atoms in total. The van der Waals surface area contributed by atoms with Crippen molar-refractivity contribution in [2.75, 3.05) is 20.8 Å². The third-order valence-electron chi connectivity index (χ3n) is 0.868. The maximum atomic E-state index is 5.37. The summed E-state index contributed by atoms with van der Waals surface area (Å²) in [6, 6.07) is 0. The molecule has 0 aromatic heterocycles. The van der Waals surface area contributed by atoms with E-state index in [1.54, 1.807) is 14.2 Å². The molecular weight excluding hydrogens is 299 g/mol. The zero-order valence-corrected chi connectivity index (χ0v) is 10.6. The van der Waals surface area contributed by atoms with Crippen molar-refractivity contribution in [1.82, 2.24) is 0 Å². The SMILES string of the molecule is C[O][Hf]([O]C)[O]CC(C)C. The van der Waals surface area contributed by atoms with Crippen LogP contribution in [0, 0.1) is 5.92 Å². The van der Waals surface area contributed by atoms with Gasteiger partial charge in [0.25, 0.3) is 0 Å². The van der Waals surface area contributed by atoms with E-state index in [9.17, 15) is 0 Å². The standard InChI is InChI=1S/C4H9O.2CH3O.Hf/c1-4(2)3-5;2*1-2;/h4H,3H2,1-2H3;2*1H3;/q3*-1;+3. The molecule has 0 radical (unpaired) electrons. The first-order chi connectivity index (χ1) is 4.70. The van der Waals surface area contributed by atoms with E-state index in [4.69, 9.17) is 8.56 Å². The van der Waals surface area contributed by atoms with Gasteiger partial charge in [-0.1, -0.05) is 0 Å². The summed E-state index contributed by atoms with van der Waals surface area (Å²) in [5, 5.41) is 0. The molecule has 0 amide bonds. The van der Waals surface area contributed by atoms with Gasteiger partial charge in [-0.2, -0.15) is 0 Å². The first kappa shape index (κ1) is 10.8. The van der Waals surface area contributed by atoms with Crippen LogP contribution in [-0.4, -0.2) is 20.8 Å². The molecule has 0 rings (SSSR count). The van der Waals surface area contributed by atoms with Gasteiger partial charge in [-0.15, -0.1) is 0 Å². The second-order valence-corrected chi connectivity index (χ2v) is 8.13. The average molecular weight is 314 g/mol. The van der Waals surface area contributed by atoms with Crippen LogP contribution in [0.3, 0.4) is 0 Å². The van der Waals surface area contributed by atoms with Crippen LogP contribution in [0.15, 0.2) is 0 Å². The van der Waals surface area contributed by atoms with Crippen LogP contribution in [0.1, 0.15) is 13.8 Å². The van der Waals surface area contributed by atoms with Gasteiger partial charge in [0.1, 0.15) is 0 Å². The fourth-order valence-corrected chi connectivity index (χ4v) is 3.57. The summed E-state index contributed by atoms with van der Waals surface area (Å²) in [6.07, 6.45) is 0. The maximum absolute atomic E-state index is 5.37. The molecule has 0 atom stereocenters. The number of hydrogen-bond acceptors (Lipinski definition) is 3. The zero-order valence-electron chi connectivity index (χ0n) is 7.01. The molecule has 4 heteroatoms. The Hall–Kier alpha value is 0.750. The van der Waals surface area contributed by atoms with Crippen LogP contribution in [0.5, 0.6) is 0 Å². The van der Waals surface area contributed by atoms with Crippen LogP contribution in [0.2, 0.25) is 0 Å². The van der Waals surface area contributed by atoms with E-state index in [0.717, 1.165) is 6.61 Å². The quantitative estimate of drug-likeness (QED) is 0.717. The van der Waals surface area contributed by atoms with E-state index in [1.807, 2.05) is 0 Å². The molecule has 0 aliphatic heterocycles. The molecule has 0 N–H and O–H groups in total. The van der Waals surface area contributed by atoms with Crippen molar-refractivity contribution >= 4 is 0 Å². The second-order valence-electron chi connectivity index (χ2n) is 2.36. The van der Waals surface area contributed by atoms with Crippen LogP contribution in [0.4, 0.5) is 0 Å². The Labute approximate surface area is 72.0 Å². The van der Waals surface area contributed by atoms with Crippen molar-refractivity contribution in [1.29, 1.82) is 0 Å². The summed E-state index contributed by atoms with van der Waals surface area (Å²) < 4.78 is 15.4. The van der Waals surface area contributed by atoms with Gasteiger partial charge < -0.3 is 0 Å². The molecule has 0 aromatic rings. The molecule has 0 bridgehead atoms. The Morgan fingerprint density at radius 2 is 1.70 bits per heavy atom. The van der Waals surface area contributed by atoms with E-state index < -0.39 is 22.7 Å². The van der Waals surface area contributed by atoms with Crippen molar-refractivity contribution in [2.24, 2.45) is 5.92 Å². The first-order valence-corrected chi connectivity index (χ1v) is 7.68. The van der Waals surface area contributed by atoms with Gasteiger partial charge in [0, 0.05) is 0 Å². The van der Waals surface area contributed by atoms with E-state index in [-0.39, 0.29) is 0 Å². The van der Waals surface area contributed by atoms with Gasteiger partial charge in [-0.25, -0.2) is 0 Å². The fraction of sp³-hybridized carbons (Fsp3) is 1.00. The van der Waals surface area contributed by atoms with Crippen molar-refractivity contribution in [3.63, 3.8) is 0 Å². The Kier molecular flexibility index (Phi) is 6.94. The van der Waals surface area contributed by atoms with Gasteiger partial charge in [-0.3, -0.25) is 0 Å². The van der Waals surface area contributed by atoms with E-state index in [0.29, 0.717) is 5.92 Å². The zero-order chi connectivity index (χ0) is 7.98. The predicted octanol–water partition coefficient (Wildman–Crippen LogP) is 1.31. The Morgan fingerprint density at radius 3 is 2.00 bits per heavy atom. The average Bonchev–Trinajstić information content (AvgIpc) is 1.90. The third kappa shape index (κ3) is 5.53. The summed E-state index contributed by atoms with van der Waals surface area (Å²) >= 11 is -2.41. The van der Waals surface area contributed by atoms with Crippen LogP contribution in [-0.2, 0) is 31.3 Å². The summed E-state index contributed by atoms with van der Waals surface area (Å²) in [5.41, 5.74) is 0. The summed E-state index contributed by atoms with van der Waals surface area (Å²) in [7, 11) is 3.29. The fourth-order valence-electron chi connectivity index (χ4n) is 0.436. The molecule has 0 aliphatic carbocycles. The minimum atomic E-state index is -2.41. The molecule has 0 heterocycles. The first-order valence-electron chi connectivity index (χ1n) is 3.28. The van der Waals surface area contributed by atoms with Crippen molar-refractivity contribution < 1.29 is 31.3 Å². The summed E-state index contributed by atoms with van der Waals surface area (Å²) in [4.78, 5) is 0. The van der Waals surface area contributed by atoms with Crippen molar-refractivity contribution in [2.45, 2.75) is 13.8 Å². The Balaban J connectivity index is 3.26. The molecule has 0 saturated heterocycles. The number of rotatable bonds is 5. The van der Waals surface area contributed by atoms with Gasteiger partial charge in [0.15, 0.2) is 0 Å². The molecule has 0 saturated carbocycles. The Bertz CT molecular complexity index is 73.4. The molecule has 61 valence electrons. The van der Waals surface area contributed by atoms with Gasteiger partial charge in [0.05, 0.1) is 0 Å². The molecule has 0 aromatic carbocycles. The molecule has 10 heavy (non-hydrogen) atoms. The van der Waals surface area contributed by atoms with Crippen LogP contribution >= 0.6 is 0 Å². The third-order valence-corrected chi connectivity index (χ3v) is 4.71. The van der Waals surface area contributed by atoms with Crippen molar-refractivity contribution in [3.05, 3.63) is 0 Å². The van der Waals surface area contributed by atoms with Crippen LogP contribution < -0.4 is 0 Å². The molecule has 0 fully saturated rings. The monoisotopic (exact) mass is 315 g/mol. The molecular formula is C6H15HfO3.